The Kier molecular flexibility index (Phi) is 5.02. The number of aromatic nitrogens is 2. The van der Waals surface area contributed by atoms with Crippen molar-refractivity contribution >= 4 is 16.3 Å². The van der Waals surface area contributed by atoms with Gasteiger partial charge in [-0.2, -0.15) is 0 Å². The Labute approximate surface area is 113 Å². The lowest BCUT2D eigenvalue weighted by molar-refractivity contribution is -0.670. The van der Waals surface area contributed by atoms with E-state index in [1.165, 1.54) is 12.1 Å². The molecule has 5 nitrogen and oxygen atoms in total. The minimum atomic E-state index is -4.27. The number of hydrogen-bond acceptors (Lipinski definition) is 3. The van der Waals surface area contributed by atoms with Crippen LogP contribution in [0.4, 0.5) is 0 Å². The van der Waals surface area contributed by atoms with Gasteiger partial charge in [0.25, 0.3) is 0 Å². The lowest BCUT2D eigenvalue weighted by atomic mass is 10.2. The molecular weight excluding hydrogens is 264 g/mol. The van der Waals surface area contributed by atoms with Crippen molar-refractivity contribution in [2.24, 2.45) is 7.05 Å². The molecule has 0 saturated heterocycles. The zero-order valence-electron chi connectivity index (χ0n) is 10.9. The molecule has 0 radical (unpaired) electrons. The van der Waals surface area contributed by atoms with E-state index in [1.54, 1.807) is 18.3 Å². The minimum Gasteiger partial charge on any atom is -0.744 e. The van der Waals surface area contributed by atoms with Crippen molar-refractivity contribution in [2.45, 2.75) is 11.8 Å². The first-order chi connectivity index (χ1) is 8.82. The molecule has 0 aliphatic carbocycles. The van der Waals surface area contributed by atoms with E-state index in [9.17, 15) is 13.0 Å². The lowest BCUT2D eigenvalue weighted by Gasteiger charge is -2.05. The highest BCUT2D eigenvalue weighted by atomic mass is 32.2. The molecule has 0 spiro atoms. The molecule has 1 heterocycles. The van der Waals surface area contributed by atoms with E-state index in [-0.39, 0.29) is 4.90 Å². The summed E-state index contributed by atoms with van der Waals surface area (Å²) in [5.41, 5.74) is 0.928. The van der Waals surface area contributed by atoms with E-state index in [0.29, 0.717) is 0 Å². The molecule has 1 aromatic heterocycles. The molecule has 1 aromatic carbocycles. The molecule has 0 aliphatic heterocycles. The SMILES string of the molecule is C=Cn1cc[n+](C)c1.Cc1ccc(S(=O)(=O)[O-])cc1. The molecule has 2 rings (SSSR count). The Hall–Kier alpha value is -1.92. The monoisotopic (exact) mass is 280 g/mol. The second-order valence-electron chi connectivity index (χ2n) is 3.98. The van der Waals surface area contributed by atoms with Gasteiger partial charge in [0.2, 0.25) is 6.33 Å². The van der Waals surface area contributed by atoms with Crippen LogP contribution in [-0.2, 0) is 17.2 Å². The van der Waals surface area contributed by atoms with Crippen LogP contribution < -0.4 is 4.57 Å². The third-order valence-electron chi connectivity index (χ3n) is 2.31. The van der Waals surface area contributed by atoms with Gasteiger partial charge in [-0.1, -0.05) is 24.3 Å². The molecule has 102 valence electrons. The maximum absolute atomic E-state index is 10.4. The van der Waals surface area contributed by atoms with Gasteiger partial charge in [0.05, 0.1) is 18.1 Å². The van der Waals surface area contributed by atoms with Gasteiger partial charge in [-0.3, -0.25) is 0 Å². The molecule has 0 atom stereocenters. The Morgan fingerprint density at radius 2 is 1.89 bits per heavy atom. The fourth-order valence-electron chi connectivity index (χ4n) is 1.28. The van der Waals surface area contributed by atoms with E-state index in [2.05, 4.69) is 6.58 Å². The molecule has 0 amide bonds. The summed E-state index contributed by atoms with van der Waals surface area (Å²) in [6.07, 6.45) is 7.58. The maximum atomic E-state index is 10.4. The summed E-state index contributed by atoms with van der Waals surface area (Å²) in [5, 5.41) is 0. The maximum Gasteiger partial charge on any atom is 0.248 e. The Bertz CT molecular complexity index is 643. The van der Waals surface area contributed by atoms with Crippen molar-refractivity contribution < 1.29 is 17.5 Å². The molecule has 0 N–H and O–H groups in total. The average Bonchev–Trinajstić information content (AvgIpc) is 2.75. The van der Waals surface area contributed by atoms with Gasteiger partial charge in [-0.15, -0.1) is 0 Å². The van der Waals surface area contributed by atoms with Crippen LogP contribution in [0.3, 0.4) is 0 Å². The second kappa shape index (κ2) is 6.31. The largest absolute Gasteiger partial charge is 0.744 e. The van der Waals surface area contributed by atoms with Crippen LogP contribution in [-0.4, -0.2) is 17.5 Å². The first-order valence-electron chi connectivity index (χ1n) is 5.51. The Morgan fingerprint density at radius 1 is 1.32 bits per heavy atom. The first kappa shape index (κ1) is 15.1. The standard InChI is InChI=1S/C7H8O3S.C6H9N2/c1-6-2-4-7(5-3-6)11(8,9)10;1-3-8-5-4-7(2)6-8/h2-5H,1H3,(H,8,9,10);3-6H,1H2,2H3/q;+1/p-1. The number of benzene rings is 1. The van der Waals surface area contributed by atoms with Crippen LogP contribution in [0.5, 0.6) is 0 Å². The fraction of sp³-hybridized carbons (Fsp3) is 0.154. The highest BCUT2D eigenvalue weighted by molar-refractivity contribution is 7.85. The van der Waals surface area contributed by atoms with Crippen molar-refractivity contribution in [1.82, 2.24) is 4.57 Å². The Morgan fingerprint density at radius 3 is 2.21 bits per heavy atom. The average molecular weight is 280 g/mol. The summed E-state index contributed by atoms with van der Waals surface area (Å²) < 4.78 is 35.0. The number of nitrogens with zero attached hydrogens (tertiary/aromatic N) is 2. The summed E-state index contributed by atoms with van der Waals surface area (Å²) in [6, 6.07) is 5.78. The summed E-state index contributed by atoms with van der Waals surface area (Å²) in [4.78, 5) is -0.178. The van der Waals surface area contributed by atoms with Crippen molar-refractivity contribution in [2.75, 3.05) is 0 Å². The van der Waals surface area contributed by atoms with Crippen molar-refractivity contribution in [3.05, 3.63) is 55.1 Å². The van der Waals surface area contributed by atoms with Crippen LogP contribution in [0, 0.1) is 6.92 Å². The van der Waals surface area contributed by atoms with Gasteiger partial charge in [0.15, 0.2) is 0 Å². The fourth-order valence-corrected chi connectivity index (χ4v) is 1.75. The zero-order chi connectivity index (χ0) is 14.5. The number of rotatable bonds is 2. The smallest absolute Gasteiger partial charge is 0.248 e. The lowest BCUT2D eigenvalue weighted by Crippen LogP contribution is -2.23. The quantitative estimate of drug-likeness (QED) is 0.615. The zero-order valence-corrected chi connectivity index (χ0v) is 11.7. The van der Waals surface area contributed by atoms with Crippen LogP contribution >= 0.6 is 0 Å². The van der Waals surface area contributed by atoms with Crippen LogP contribution in [0.25, 0.3) is 6.20 Å². The van der Waals surface area contributed by atoms with Crippen molar-refractivity contribution in [3.8, 4) is 0 Å². The molecule has 0 aliphatic rings. The molecular formula is C13H16N2O3S. The molecule has 0 saturated carbocycles. The summed E-state index contributed by atoms with van der Waals surface area (Å²) in [6.45, 7) is 5.41. The van der Waals surface area contributed by atoms with E-state index in [1.807, 2.05) is 41.8 Å². The number of aryl methyl sites for hydroxylation is 2. The molecule has 0 unspecified atom stereocenters. The number of imidazole rings is 1. The predicted molar refractivity (Wildman–Crippen MR) is 71.1 cm³/mol. The molecule has 2 aromatic rings. The van der Waals surface area contributed by atoms with Gasteiger partial charge < -0.3 is 4.55 Å². The first-order valence-corrected chi connectivity index (χ1v) is 6.91. The van der Waals surface area contributed by atoms with Crippen LogP contribution in [0.1, 0.15) is 5.56 Å². The third kappa shape index (κ3) is 5.07. The third-order valence-corrected chi connectivity index (χ3v) is 3.16. The summed E-state index contributed by atoms with van der Waals surface area (Å²) >= 11 is 0. The summed E-state index contributed by atoms with van der Waals surface area (Å²) in [5.74, 6) is 0. The molecule has 0 fully saturated rings. The topological polar surface area (TPSA) is 66.0 Å². The molecule has 6 heteroatoms. The van der Waals surface area contributed by atoms with Gasteiger partial charge in [-0.25, -0.2) is 17.6 Å². The molecule has 19 heavy (non-hydrogen) atoms. The van der Waals surface area contributed by atoms with E-state index < -0.39 is 10.1 Å². The Balaban J connectivity index is 0.000000200. The van der Waals surface area contributed by atoms with Gasteiger partial charge in [0, 0.05) is 0 Å². The molecule has 0 bridgehead atoms. The predicted octanol–water partition coefficient (Wildman–Crippen LogP) is 1.31. The number of hydrogen-bond donors (Lipinski definition) is 0. The normalized spacial score (nSPS) is 10.5. The van der Waals surface area contributed by atoms with E-state index >= 15 is 0 Å². The van der Waals surface area contributed by atoms with Crippen molar-refractivity contribution in [1.29, 1.82) is 0 Å². The van der Waals surface area contributed by atoms with Crippen LogP contribution in [0.2, 0.25) is 0 Å². The van der Waals surface area contributed by atoms with Crippen molar-refractivity contribution in [3.63, 3.8) is 0 Å². The van der Waals surface area contributed by atoms with Gasteiger partial charge in [0.1, 0.15) is 22.5 Å². The minimum absolute atomic E-state index is 0.178. The van der Waals surface area contributed by atoms with Crippen LogP contribution in [0.15, 0.2) is 54.5 Å². The van der Waals surface area contributed by atoms with Gasteiger partial charge in [-0.05, 0) is 19.1 Å². The highest BCUT2D eigenvalue weighted by Gasteiger charge is 1.97. The summed E-state index contributed by atoms with van der Waals surface area (Å²) in [7, 11) is -2.30. The second-order valence-corrected chi connectivity index (χ2v) is 5.36. The van der Waals surface area contributed by atoms with E-state index in [4.69, 9.17) is 0 Å². The van der Waals surface area contributed by atoms with E-state index in [0.717, 1.165) is 5.56 Å². The van der Waals surface area contributed by atoms with Gasteiger partial charge >= 0.3 is 0 Å². The highest BCUT2D eigenvalue weighted by Crippen LogP contribution is 2.08.